The van der Waals surface area contributed by atoms with Crippen molar-refractivity contribution in [2.45, 2.75) is 6.92 Å². The minimum atomic E-state index is -0.464. The van der Waals surface area contributed by atoms with E-state index in [4.69, 9.17) is 5.73 Å². The van der Waals surface area contributed by atoms with Crippen LogP contribution in [0.2, 0.25) is 0 Å². The minimum absolute atomic E-state index is 0.0107. The van der Waals surface area contributed by atoms with Crippen LogP contribution >= 0.6 is 0 Å². The molecule has 0 saturated heterocycles. The maximum Gasteiger partial charge on any atom is 0.269 e. The van der Waals surface area contributed by atoms with Gasteiger partial charge in [0, 0.05) is 23.3 Å². The van der Waals surface area contributed by atoms with Crippen LogP contribution in [0.4, 0.5) is 11.5 Å². The second-order valence-electron chi connectivity index (χ2n) is 5.55. The number of nitro benzene ring substituents is 1. The molecule has 0 bridgehead atoms. The average molecular weight is 330 g/mol. The van der Waals surface area contributed by atoms with E-state index in [1.165, 1.54) is 12.1 Å². The van der Waals surface area contributed by atoms with E-state index in [1.54, 1.807) is 18.2 Å². The second kappa shape index (κ2) is 6.42. The molecule has 122 valence electrons. The van der Waals surface area contributed by atoms with Crippen LogP contribution in [0.1, 0.15) is 11.1 Å². The number of nitrogens with zero attached hydrogens (tertiary/aromatic N) is 3. The lowest BCUT2D eigenvalue weighted by atomic mass is 9.97. The first-order valence-electron chi connectivity index (χ1n) is 7.52. The number of rotatable bonds is 3. The third-order valence-electron chi connectivity index (χ3n) is 3.97. The highest BCUT2D eigenvalue weighted by Gasteiger charge is 2.15. The van der Waals surface area contributed by atoms with E-state index in [2.05, 4.69) is 11.1 Å². The molecule has 6 nitrogen and oxygen atoms in total. The van der Waals surface area contributed by atoms with Gasteiger partial charge in [0.05, 0.1) is 10.6 Å². The normalized spacial score (nSPS) is 10.2. The van der Waals surface area contributed by atoms with Gasteiger partial charge in [-0.3, -0.25) is 10.1 Å². The fraction of sp³-hybridized carbons (Fsp3) is 0.0526. The zero-order chi connectivity index (χ0) is 18.0. The SMILES string of the molecule is Cc1ccccc1-c1cc(-c2ccc([N+](=O)[O-])cc2)c(C#N)c(N)n1. The van der Waals surface area contributed by atoms with Crippen LogP contribution in [-0.2, 0) is 0 Å². The van der Waals surface area contributed by atoms with Crippen LogP contribution in [0.5, 0.6) is 0 Å². The molecule has 0 aliphatic heterocycles. The van der Waals surface area contributed by atoms with Crippen LogP contribution in [0.3, 0.4) is 0 Å². The van der Waals surface area contributed by atoms with Gasteiger partial charge in [-0.15, -0.1) is 0 Å². The molecule has 0 amide bonds. The summed E-state index contributed by atoms with van der Waals surface area (Å²) in [6.45, 7) is 1.97. The summed E-state index contributed by atoms with van der Waals surface area (Å²) < 4.78 is 0. The summed E-state index contributed by atoms with van der Waals surface area (Å²) in [6.07, 6.45) is 0. The lowest BCUT2D eigenvalue weighted by Gasteiger charge is -2.11. The average Bonchev–Trinajstić information content (AvgIpc) is 2.61. The van der Waals surface area contributed by atoms with Crippen molar-refractivity contribution in [3.05, 3.63) is 75.8 Å². The number of hydrogen-bond acceptors (Lipinski definition) is 5. The summed E-state index contributed by atoms with van der Waals surface area (Å²) in [7, 11) is 0. The van der Waals surface area contributed by atoms with Crippen molar-refractivity contribution in [1.29, 1.82) is 5.26 Å². The highest BCUT2D eigenvalue weighted by molar-refractivity contribution is 5.81. The zero-order valence-corrected chi connectivity index (χ0v) is 13.4. The fourth-order valence-corrected chi connectivity index (χ4v) is 2.67. The maximum absolute atomic E-state index is 10.8. The van der Waals surface area contributed by atoms with E-state index >= 15 is 0 Å². The molecule has 2 aromatic carbocycles. The maximum atomic E-state index is 10.8. The van der Waals surface area contributed by atoms with Gasteiger partial charge < -0.3 is 5.73 Å². The van der Waals surface area contributed by atoms with Crippen molar-refractivity contribution < 1.29 is 4.92 Å². The number of non-ortho nitro benzene ring substituents is 1. The summed E-state index contributed by atoms with van der Waals surface area (Å²) in [4.78, 5) is 14.7. The Morgan fingerprint density at radius 3 is 2.40 bits per heavy atom. The Morgan fingerprint density at radius 2 is 1.80 bits per heavy atom. The van der Waals surface area contributed by atoms with E-state index in [0.717, 1.165) is 11.1 Å². The molecule has 1 heterocycles. The number of benzene rings is 2. The number of aryl methyl sites for hydroxylation is 1. The van der Waals surface area contributed by atoms with Crippen LogP contribution < -0.4 is 5.73 Å². The first-order valence-corrected chi connectivity index (χ1v) is 7.52. The van der Waals surface area contributed by atoms with Crippen molar-refractivity contribution >= 4 is 11.5 Å². The Balaban J connectivity index is 2.20. The lowest BCUT2D eigenvalue weighted by molar-refractivity contribution is -0.384. The van der Waals surface area contributed by atoms with E-state index in [-0.39, 0.29) is 17.1 Å². The molecule has 25 heavy (non-hydrogen) atoms. The monoisotopic (exact) mass is 330 g/mol. The zero-order valence-electron chi connectivity index (χ0n) is 13.4. The minimum Gasteiger partial charge on any atom is -0.383 e. The summed E-state index contributed by atoms with van der Waals surface area (Å²) in [6, 6.07) is 17.6. The first kappa shape index (κ1) is 16.1. The van der Waals surface area contributed by atoms with Gasteiger partial charge in [0.15, 0.2) is 0 Å². The predicted octanol–water partition coefficient (Wildman–Crippen LogP) is 4.09. The third kappa shape index (κ3) is 3.03. The molecule has 0 unspecified atom stereocenters. The van der Waals surface area contributed by atoms with Crippen LogP contribution in [-0.4, -0.2) is 9.91 Å². The number of nitrogen functional groups attached to an aromatic ring is 1. The molecular weight excluding hydrogens is 316 g/mol. The van der Waals surface area contributed by atoms with Crippen molar-refractivity contribution in [3.8, 4) is 28.5 Å². The second-order valence-corrected chi connectivity index (χ2v) is 5.55. The highest BCUT2D eigenvalue weighted by Crippen LogP contribution is 2.32. The number of pyridine rings is 1. The van der Waals surface area contributed by atoms with Gasteiger partial charge in [0.25, 0.3) is 5.69 Å². The summed E-state index contributed by atoms with van der Waals surface area (Å²) in [5.74, 6) is 0.136. The van der Waals surface area contributed by atoms with Crippen molar-refractivity contribution in [1.82, 2.24) is 4.98 Å². The van der Waals surface area contributed by atoms with Gasteiger partial charge in [-0.05, 0) is 36.2 Å². The van der Waals surface area contributed by atoms with Crippen molar-refractivity contribution in [3.63, 3.8) is 0 Å². The molecule has 0 spiro atoms. The van der Waals surface area contributed by atoms with E-state index in [1.807, 2.05) is 31.2 Å². The topological polar surface area (TPSA) is 106 Å². The molecule has 6 heteroatoms. The lowest BCUT2D eigenvalue weighted by Crippen LogP contribution is -2.00. The largest absolute Gasteiger partial charge is 0.383 e. The first-order chi connectivity index (χ1) is 12.0. The van der Waals surface area contributed by atoms with Gasteiger partial charge in [-0.25, -0.2) is 4.98 Å². The van der Waals surface area contributed by atoms with E-state index in [9.17, 15) is 15.4 Å². The summed E-state index contributed by atoms with van der Waals surface area (Å²) in [5.41, 5.74) is 10.1. The summed E-state index contributed by atoms with van der Waals surface area (Å²) >= 11 is 0. The quantitative estimate of drug-likeness (QED) is 0.575. The van der Waals surface area contributed by atoms with Crippen LogP contribution in [0.25, 0.3) is 22.4 Å². The van der Waals surface area contributed by atoms with Gasteiger partial charge in [0.2, 0.25) is 0 Å². The Labute approximate surface area is 144 Å². The molecular formula is C19H14N4O2. The molecule has 0 aliphatic rings. The molecule has 0 radical (unpaired) electrons. The number of nitriles is 1. The van der Waals surface area contributed by atoms with Gasteiger partial charge in [-0.1, -0.05) is 24.3 Å². The Bertz CT molecular complexity index is 1000. The molecule has 0 aliphatic carbocycles. The molecule has 2 N–H and O–H groups in total. The van der Waals surface area contributed by atoms with E-state index < -0.39 is 4.92 Å². The molecule has 0 fully saturated rings. The van der Waals surface area contributed by atoms with Crippen molar-refractivity contribution in [2.24, 2.45) is 0 Å². The number of hydrogen-bond donors (Lipinski definition) is 1. The highest BCUT2D eigenvalue weighted by atomic mass is 16.6. The van der Waals surface area contributed by atoms with Gasteiger partial charge in [0.1, 0.15) is 17.5 Å². The standard InChI is InChI=1S/C19H14N4O2/c1-12-4-2-3-5-15(12)18-10-16(17(11-20)19(21)22-18)13-6-8-14(9-7-13)23(24)25/h2-10H,1H3,(H2,21,22). The Hall–Kier alpha value is -3.72. The Morgan fingerprint density at radius 1 is 1.12 bits per heavy atom. The third-order valence-corrected chi connectivity index (χ3v) is 3.97. The molecule has 3 rings (SSSR count). The Kier molecular flexibility index (Phi) is 4.14. The van der Waals surface area contributed by atoms with Gasteiger partial charge >= 0.3 is 0 Å². The fourth-order valence-electron chi connectivity index (χ4n) is 2.67. The molecule has 3 aromatic rings. The predicted molar refractivity (Wildman–Crippen MR) is 95.6 cm³/mol. The number of anilines is 1. The molecule has 1 aromatic heterocycles. The number of nitro groups is 1. The molecule has 0 saturated carbocycles. The van der Waals surface area contributed by atoms with Gasteiger partial charge in [-0.2, -0.15) is 5.26 Å². The number of nitrogens with two attached hydrogens (primary N) is 1. The summed E-state index contributed by atoms with van der Waals surface area (Å²) in [5, 5.41) is 20.3. The smallest absolute Gasteiger partial charge is 0.269 e. The molecule has 0 atom stereocenters. The van der Waals surface area contributed by atoms with Crippen molar-refractivity contribution in [2.75, 3.05) is 5.73 Å². The van der Waals surface area contributed by atoms with E-state index in [0.29, 0.717) is 16.8 Å². The number of aromatic nitrogens is 1. The van der Waals surface area contributed by atoms with Crippen LogP contribution in [0, 0.1) is 28.4 Å². The van der Waals surface area contributed by atoms with Crippen LogP contribution in [0.15, 0.2) is 54.6 Å².